The van der Waals surface area contributed by atoms with E-state index in [0.717, 1.165) is 22.3 Å². The van der Waals surface area contributed by atoms with Crippen molar-refractivity contribution < 1.29 is 39.0 Å². The third kappa shape index (κ3) is 10.6. The summed E-state index contributed by atoms with van der Waals surface area (Å²) in [5.41, 5.74) is 4.91. The van der Waals surface area contributed by atoms with Crippen molar-refractivity contribution in [2.24, 2.45) is 0 Å². The standard InChI is InChI=1S/C14H8Cl2O2.C14H10O4.C2Cl2O2/c15-13(17)11-5-1-9(2-6-11)10-3-7-12(8-4-10)14(16)18;15-13(16)11-5-1-9(2-6-11)10-3-7-12(8-4-10)14(17)18;3-1(5)2(4)6/h1-8H;1-8H,(H,15,16)(H,17,18);. The molecule has 12 heteroatoms. The molecule has 0 aliphatic rings. The van der Waals surface area contributed by atoms with Gasteiger partial charge in [0.15, 0.2) is 0 Å². The van der Waals surface area contributed by atoms with E-state index in [9.17, 15) is 28.8 Å². The van der Waals surface area contributed by atoms with Crippen LogP contribution in [0.1, 0.15) is 41.4 Å². The van der Waals surface area contributed by atoms with E-state index in [0.29, 0.717) is 11.1 Å². The first kappa shape index (κ1) is 33.9. The SMILES string of the molecule is O=C(Cl)C(=O)Cl.O=C(Cl)c1ccc(-c2ccc(C(=O)Cl)cc2)cc1.O=C(O)c1ccc(-c2ccc(C(=O)O)cc2)cc1. The van der Waals surface area contributed by atoms with Gasteiger partial charge >= 0.3 is 22.4 Å². The van der Waals surface area contributed by atoms with Crippen molar-refractivity contribution in [1.82, 2.24) is 0 Å². The quantitative estimate of drug-likeness (QED) is 0.156. The molecular weight excluding hydrogens is 630 g/mol. The molecular formula is C30H18Cl4O8. The zero-order valence-electron chi connectivity index (χ0n) is 21.1. The number of carbonyl (C=O) groups is 6. The van der Waals surface area contributed by atoms with Crippen LogP contribution in [-0.4, -0.2) is 43.1 Å². The minimum absolute atomic E-state index is 0.223. The molecule has 0 aromatic heterocycles. The summed E-state index contributed by atoms with van der Waals surface area (Å²) in [4.78, 5) is 62.1. The van der Waals surface area contributed by atoms with Crippen LogP contribution in [0, 0.1) is 0 Å². The van der Waals surface area contributed by atoms with E-state index in [2.05, 4.69) is 23.2 Å². The maximum absolute atomic E-state index is 10.9. The van der Waals surface area contributed by atoms with Crippen LogP contribution in [0.3, 0.4) is 0 Å². The Balaban J connectivity index is 0.000000247. The number of hydrogen-bond donors (Lipinski definition) is 2. The summed E-state index contributed by atoms with van der Waals surface area (Å²) >= 11 is 19.7. The van der Waals surface area contributed by atoms with Crippen molar-refractivity contribution in [2.45, 2.75) is 0 Å². The monoisotopic (exact) mass is 646 g/mol. The molecule has 0 radical (unpaired) electrons. The lowest BCUT2D eigenvalue weighted by molar-refractivity contribution is -0.127. The van der Waals surface area contributed by atoms with Gasteiger partial charge in [-0.15, -0.1) is 0 Å². The Hall–Kier alpha value is -4.34. The summed E-state index contributed by atoms with van der Waals surface area (Å²) in [5.74, 6) is -1.94. The zero-order valence-corrected chi connectivity index (χ0v) is 24.1. The summed E-state index contributed by atoms with van der Waals surface area (Å²) in [6.07, 6.45) is 0. The van der Waals surface area contributed by atoms with Crippen LogP contribution in [0.15, 0.2) is 97.1 Å². The van der Waals surface area contributed by atoms with E-state index in [4.69, 9.17) is 33.4 Å². The highest BCUT2D eigenvalue weighted by Crippen LogP contribution is 2.22. The molecule has 0 saturated heterocycles. The van der Waals surface area contributed by atoms with Gasteiger partial charge in [-0.3, -0.25) is 19.2 Å². The Labute approximate surface area is 259 Å². The van der Waals surface area contributed by atoms with Crippen molar-refractivity contribution in [3.63, 3.8) is 0 Å². The number of carboxylic acids is 2. The van der Waals surface area contributed by atoms with Gasteiger partial charge < -0.3 is 10.2 Å². The lowest BCUT2D eigenvalue weighted by Gasteiger charge is -2.03. The Morgan fingerprint density at radius 1 is 0.357 bits per heavy atom. The highest BCUT2D eigenvalue weighted by molar-refractivity contribution is 6.97. The topological polar surface area (TPSA) is 143 Å². The van der Waals surface area contributed by atoms with Crippen molar-refractivity contribution in [3.05, 3.63) is 119 Å². The molecule has 0 unspecified atom stereocenters. The van der Waals surface area contributed by atoms with E-state index in [1.54, 1.807) is 72.8 Å². The number of carboxylic acid groups (broad SMARTS) is 2. The molecule has 0 saturated carbocycles. The van der Waals surface area contributed by atoms with Gasteiger partial charge in [-0.2, -0.15) is 0 Å². The fraction of sp³-hybridized carbons (Fsp3) is 0. The molecule has 0 bridgehead atoms. The average Bonchev–Trinajstić information content (AvgIpc) is 2.98. The summed E-state index contributed by atoms with van der Waals surface area (Å²) in [7, 11) is 0. The maximum Gasteiger partial charge on any atom is 0.335 e. The summed E-state index contributed by atoms with van der Waals surface area (Å²) in [6, 6.07) is 26.7. The van der Waals surface area contributed by atoms with Gasteiger partial charge in [0.1, 0.15) is 0 Å². The molecule has 2 N–H and O–H groups in total. The molecule has 0 heterocycles. The number of aromatic carboxylic acids is 2. The van der Waals surface area contributed by atoms with Gasteiger partial charge in [-0.25, -0.2) is 9.59 Å². The summed E-state index contributed by atoms with van der Waals surface area (Å²) in [6.45, 7) is 0. The molecule has 0 aliphatic heterocycles. The second kappa shape index (κ2) is 16.2. The molecule has 4 aromatic rings. The number of carbonyl (C=O) groups excluding carboxylic acids is 4. The van der Waals surface area contributed by atoms with Crippen molar-refractivity contribution in [2.75, 3.05) is 0 Å². The second-order valence-electron chi connectivity index (χ2n) is 8.01. The van der Waals surface area contributed by atoms with E-state index >= 15 is 0 Å². The van der Waals surface area contributed by atoms with Gasteiger partial charge in [-0.05, 0) is 117 Å². The predicted molar refractivity (Wildman–Crippen MR) is 160 cm³/mol. The molecule has 214 valence electrons. The molecule has 0 spiro atoms. The fourth-order valence-corrected chi connectivity index (χ4v) is 3.45. The molecule has 8 nitrogen and oxygen atoms in total. The van der Waals surface area contributed by atoms with Crippen molar-refractivity contribution in [1.29, 1.82) is 0 Å². The second-order valence-corrected chi connectivity index (χ2v) is 9.39. The van der Waals surface area contributed by atoms with Gasteiger partial charge in [-0.1, -0.05) is 48.5 Å². The Bertz CT molecular complexity index is 1360. The molecule has 0 atom stereocenters. The highest BCUT2D eigenvalue weighted by Gasteiger charge is 2.06. The first-order chi connectivity index (χ1) is 19.8. The molecule has 0 amide bonds. The normalized spacial score (nSPS) is 9.71. The minimum Gasteiger partial charge on any atom is -0.478 e. The number of halogens is 4. The van der Waals surface area contributed by atoms with E-state index < -0.39 is 32.9 Å². The molecule has 4 aromatic carbocycles. The average molecular weight is 648 g/mol. The molecule has 0 aliphatic carbocycles. The van der Waals surface area contributed by atoms with Gasteiger partial charge in [0.05, 0.1) is 11.1 Å². The van der Waals surface area contributed by atoms with E-state index in [-0.39, 0.29) is 11.1 Å². The fourth-order valence-electron chi connectivity index (χ4n) is 3.20. The van der Waals surface area contributed by atoms with Crippen molar-refractivity contribution in [3.8, 4) is 22.3 Å². The largest absolute Gasteiger partial charge is 0.478 e. The lowest BCUT2D eigenvalue weighted by Crippen LogP contribution is -1.96. The molecule has 42 heavy (non-hydrogen) atoms. The van der Waals surface area contributed by atoms with Crippen LogP contribution in [0.5, 0.6) is 0 Å². The minimum atomic E-state index is -1.14. The van der Waals surface area contributed by atoms with Crippen LogP contribution in [0.2, 0.25) is 0 Å². The Morgan fingerprint density at radius 2 is 0.548 bits per heavy atom. The number of rotatable bonds is 7. The predicted octanol–water partition coefficient (Wildman–Crippen LogP) is 7.38. The highest BCUT2D eigenvalue weighted by atomic mass is 35.5. The first-order valence-electron chi connectivity index (χ1n) is 11.5. The van der Waals surface area contributed by atoms with Crippen LogP contribution < -0.4 is 0 Å². The van der Waals surface area contributed by atoms with Crippen LogP contribution in [0.4, 0.5) is 0 Å². The van der Waals surface area contributed by atoms with Gasteiger partial charge in [0.25, 0.3) is 10.5 Å². The van der Waals surface area contributed by atoms with Crippen molar-refractivity contribution >= 4 is 79.3 Å². The molecule has 4 rings (SSSR count). The summed E-state index contributed by atoms with van der Waals surface area (Å²) < 4.78 is 0. The van der Waals surface area contributed by atoms with Crippen LogP contribution >= 0.6 is 46.4 Å². The Morgan fingerprint density at radius 3 is 0.690 bits per heavy atom. The summed E-state index contributed by atoms with van der Waals surface area (Å²) in [5, 5.41) is 14.3. The van der Waals surface area contributed by atoms with E-state index in [1.165, 1.54) is 24.3 Å². The van der Waals surface area contributed by atoms with Gasteiger partial charge in [0.2, 0.25) is 0 Å². The maximum atomic E-state index is 10.9. The van der Waals surface area contributed by atoms with Crippen LogP contribution in [0.25, 0.3) is 22.3 Å². The lowest BCUT2D eigenvalue weighted by atomic mass is 10.0. The number of benzene rings is 4. The Kier molecular flexibility index (Phi) is 13.1. The third-order valence-corrected chi connectivity index (χ3v) is 6.19. The smallest absolute Gasteiger partial charge is 0.335 e. The number of hydrogen-bond acceptors (Lipinski definition) is 6. The molecule has 0 fully saturated rings. The zero-order chi connectivity index (χ0) is 31.4. The van der Waals surface area contributed by atoms with E-state index in [1.807, 2.05) is 0 Å². The van der Waals surface area contributed by atoms with Gasteiger partial charge in [0, 0.05) is 11.1 Å². The first-order valence-corrected chi connectivity index (χ1v) is 13.0. The van der Waals surface area contributed by atoms with Crippen LogP contribution in [-0.2, 0) is 9.59 Å². The third-order valence-electron chi connectivity index (χ3n) is 5.31.